The second-order valence-corrected chi connectivity index (χ2v) is 7.50. The monoisotopic (exact) mass is 441 g/mol. The van der Waals surface area contributed by atoms with Crippen molar-refractivity contribution in [1.29, 1.82) is 0 Å². The maximum atomic E-state index is 13.6. The number of fused-ring (bicyclic) bond motifs is 1. The quantitative estimate of drug-likeness (QED) is 0.421. The molecule has 0 fully saturated rings. The van der Waals surface area contributed by atoms with Gasteiger partial charge in [0.1, 0.15) is 17.3 Å². The number of ether oxygens (including phenoxy) is 1. The molecule has 33 heavy (non-hydrogen) atoms. The van der Waals surface area contributed by atoms with Crippen molar-refractivity contribution < 1.29 is 9.13 Å². The smallest absolute Gasteiger partial charge is 0.248 e. The van der Waals surface area contributed by atoms with Crippen LogP contribution in [-0.2, 0) is 0 Å². The summed E-state index contributed by atoms with van der Waals surface area (Å²) < 4.78 is 20.7. The molecule has 8 nitrogen and oxygen atoms in total. The maximum Gasteiger partial charge on any atom is 0.248 e. The van der Waals surface area contributed by atoms with E-state index >= 15 is 0 Å². The van der Waals surface area contributed by atoms with Gasteiger partial charge in [-0.2, -0.15) is 9.97 Å². The average molecular weight is 441 g/mol. The zero-order valence-electron chi connectivity index (χ0n) is 18.2. The molecule has 0 aliphatic rings. The van der Waals surface area contributed by atoms with Crippen LogP contribution in [0.25, 0.3) is 28.0 Å². The molecule has 1 N–H and O–H groups in total. The Morgan fingerprint density at radius 3 is 2.58 bits per heavy atom. The predicted octanol–water partition coefficient (Wildman–Crippen LogP) is 4.76. The lowest BCUT2D eigenvalue weighted by atomic mass is 10.1. The number of nitrogens with zero attached hydrogens (tertiary/aromatic N) is 6. The van der Waals surface area contributed by atoms with Crippen molar-refractivity contribution in [3.05, 3.63) is 78.1 Å². The highest BCUT2D eigenvalue weighted by molar-refractivity contribution is 5.77. The number of aromatic nitrogens is 6. The van der Waals surface area contributed by atoms with E-state index in [0.29, 0.717) is 29.0 Å². The van der Waals surface area contributed by atoms with Gasteiger partial charge in [-0.1, -0.05) is 0 Å². The van der Waals surface area contributed by atoms with Crippen molar-refractivity contribution in [3.8, 4) is 28.3 Å². The average Bonchev–Trinajstić information content (AvgIpc) is 3.22. The van der Waals surface area contributed by atoms with Gasteiger partial charge in [0.25, 0.3) is 0 Å². The summed E-state index contributed by atoms with van der Waals surface area (Å²) in [5, 5.41) is 7.61. The number of hydrogen-bond acceptors (Lipinski definition) is 7. The van der Waals surface area contributed by atoms with Gasteiger partial charge < -0.3 is 10.1 Å². The fourth-order valence-electron chi connectivity index (χ4n) is 3.67. The molecule has 164 valence electrons. The molecule has 4 heterocycles. The van der Waals surface area contributed by atoms with E-state index in [-0.39, 0.29) is 5.82 Å². The first-order valence-electron chi connectivity index (χ1n) is 10.2. The van der Waals surface area contributed by atoms with Gasteiger partial charge in [0.15, 0.2) is 5.65 Å². The fourth-order valence-corrected chi connectivity index (χ4v) is 3.67. The number of benzene rings is 1. The second kappa shape index (κ2) is 8.27. The molecular weight excluding hydrogens is 421 g/mol. The Balaban J connectivity index is 1.50. The Hall–Kier alpha value is -4.40. The number of halogens is 1. The molecule has 5 aromatic rings. The second-order valence-electron chi connectivity index (χ2n) is 7.50. The van der Waals surface area contributed by atoms with E-state index in [1.165, 1.54) is 12.1 Å². The summed E-state index contributed by atoms with van der Waals surface area (Å²) in [4.78, 5) is 17.8. The van der Waals surface area contributed by atoms with Crippen LogP contribution in [0.5, 0.6) is 5.88 Å². The van der Waals surface area contributed by atoms with Crippen LogP contribution in [0.1, 0.15) is 11.3 Å². The molecule has 0 aliphatic carbocycles. The van der Waals surface area contributed by atoms with Crippen molar-refractivity contribution in [2.45, 2.75) is 13.8 Å². The van der Waals surface area contributed by atoms with Crippen molar-refractivity contribution in [1.82, 2.24) is 29.5 Å². The molecule has 1 aromatic carbocycles. The van der Waals surface area contributed by atoms with Crippen molar-refractivity contribution in [3.63, 3.8) is 0 Å². The highest BCUT2D eigenvalue weighted by Gasteiger charge is 2.15. The lowest BCUT2D eigenvalue weighted by molar-refractivity contribution is 0.400. The van der Waals surface area contributed by atoms with Crippen LogP contribution in [0, 0.1) is 19.7 Å². The molecular formula is C24H20FN7O. The third kappa shape index (κ3) is 3.96. The van der Waals surface area contributed by atoms with Gasteiger partial charge in [0.05, 0.1) is 7.11 Å². The molecule has 9 heteroatoms. The maximum absolute atomic E-state index is 13.6. The van der Waals surface area contributed by atoms with Gasteiger partial charge in [0.2, 0.25) is 11.8 Å². The number of anilines is 2. The Kier molecular flexibility index (Phi) is 5.14. The van der Waals surface area contributed by atoms with Crippen LogP contribution in [0.3, 0.4) is 0 Å². The molecule has 0 unspecified atom stereocenters. The summed E-state index contributed by atoms with van der Waals surface area (Å²) in [7, 11) is 1.58. The van der Waals surface area contributed by atoms with Gasteiger partial charge in [-0.05, 0) is 67.4 Å². The van der Waals surface area contributed by atoms with Crippen LogP contribution >= 0.6 is 0 Å². The van der Waals surface area contributed by atoms with Crippen molar-refractivity contribution in [2.75, 3.05) is 12.4 Å². The van der Waals surface area contributed by atoms with E-state index in [2.05, 4.69) is 30.4 Å². The SMILES string of the molecule is COc1nc(Nc2nc3c(-c4ccc(F)cc4C)nccn3n2)ccc1-c1ccnc(C)c1. The summed E-state index contributed by atoms with van der Waals surface area (Å²) in [6.07, 6.45) is 5.10. The third-order valence-corrected chi connectivity index (χ3v) is 5.20. The molecule has 0 bridgehead atoms. The fraction of sp³-hybridized carbons (Fsp3) is 0.125. The first-order chi connectivity index (χ1) is 16.0. The largest absolute Gasteiger partial charge is 0.480 e. The van der Waals surface area contributed by atoms with E-state index in [1.54, 1.807) is 36.3 Å². The topological polar surface area (TPSA) is 90.1 Å². The summed E-state index contributed by atoms with van der Waals surface area (Å²) in [6, 6.07) is 12.2. The number of aryl methyl sites for hydroxylation is 2. The highest BCUT2D eigenvalue weighted by Crippen LogP contribution is 2.31. The third-order valence-electron chi connectivity index (χ3n) is 5.20. The molecule has 0 spiro atoms. The number of methoxy groups -OCH3 is 1. The standard InChI is InChI=1S/C24H20FN7O/c1-14-12-17(25)4-5-18(14)21-22-30-24(31-32(22)11-10-27-21)29-20-7-6-19(23(28-20)33-3)16-8-9-26-15(2)13-16/h4-13H,1-3H3,(H,28,29,31). The van der Waals surface area contributed by atoms with Crippen LogP contribution in [0.15, 0.2) is 61.1 Å². The lowest BCUT2D eigenvalue weighted by Gasteiger charge is -2.10. The predicted molar refractivity (Wildman–Crippen MR) is 123 cm³/mol. The number of hydrogen-bond donors (Lipinski definition) is 1. The normalized spacial score (nSPS) is 11.0. The van der Waals surface area contributed by atoms with E-state index in [4.69, 9.17) is 4.74 Å². The van der Waals surface area contributed by atoms with Crippen molar-refractivity contribution in [2.24, 2.45) is 0 Å². The van der Waals surface area contributed by atoms with Gasteiger partial charge >= 0.3 is 0 Å². The zero-order valence-corrected chi connectivity index (χ0v) is 18.2. The van der Waals surface area contributed by atoms with E-state index in [0.717, 1.165) is 27.9 Å². The summed E-state index contributed by atoms with van der Waals surface area (Å²) in [5.74, 6) is 1.06. The van der Waals surface area contributed by atoms with E-state index < -0.39 is 0 Å². The number of nitrogens with one attached hydrogen (secondary N) is 1. The molecule has 0 radical (unpaired) electrons. The molecule has 5 rings (SSSR count). The number of pyridine rings is 2. The summed E-state index contributed by atoms with van der Waals surface area (Å²) in [5.41, 5.74) is 5.45. The first kappa shape index (κ1) is 20.5. The minimum absolute atomic E-state index is 0.294. The Bertz CT molecular complexity index is 1480. The Morgan fingerprint density at radius 1 is 0.939 bits per heavy atom. The Morgan fingerprint density at radius 2 is 1.79 bits per heavy atom. The zero-order chi connectivity index (χ0) is 22.9. The molecule has 0 aliphatic heterocycles. The summed E-state index contributed by atoms with van der Waals surface area (Å²) >= 11 is 0. The van der Waals surface area contributed by atoms with Crippen LogP contribution in [0.4, 0.5) is 16.2 Å². The number of rotatable bonds is 5. The minimum Gasteiger partial charge on any atom is -0.480 e. The minimum atomic E-state index is -0.294. The van der Waals surface area contributed by atoms with Crippen LogP contribution in [-0.4, -0.2) is 36.7 Å². The van der Waals surface area contributed by atoms with Gasteiger partial charge in [-0.25, -0.2) is 8.91 Å². The van der Waals surface area contributed by atoms with Crippen LogP contribution < -0.4 is 10.1 Å². The van der Waals surface area contributed by atoms with Crippen LogP contribution in [0.2, 0.25) is 0 Å². The lowest BCUT2D eigenvalue weighted by Crippen LogP contribution is -1.99. The first-order valence-corrected chi connectivity index (χ1v) is 10.2. The molecule has 0 atom stereocenters. The van der Waals surface area contributed by atoms with Crippen molar-refractivity contribution >= 4 is 17.4 Å². The van der Waals surface area contributed by atoms with E-state index in [1.807, 2.05) is 38.1 Å². The molecule has 4 aromatic heterocycles. The molecule has 0 saturated carbocycles. The van der Waals surface area contributed by atoms with E-state index in [9.17, 15) is 4.39 Å². The Labute approximate surface area is 189 Å². The summed E-state index contributed by atoms with van der Waals surface area (Å²) in [6.45, 7) is 3.77. The van der Waals surface area contributed by atoms with Gasteiger partial charge in [0, 0.05) is 35.4 Å². The van der Waals surface area contributed by atoms with Gasteiger partial charge in [-0.15, -0.1) is 5.10 Å². The molecule has 0 saturated heterocycles. The highest BCUT2D eigenvalue weighted by atomic mass is 19.1. The molecule has 0 amide bonds. The van der Waals surface area contributed by atoms with Gasteiger partial charge in [-0.3, -0.25) is 9.97 Å².